The molecular weight excluding hydrogens is 420 g/mol. The third kappa shape index (κ3) is 4.55. The van der Waals surface area contributed by atoms with Crippen molar-refractivity contribution in [3.63, 3.8) is 0 Å². The summed E-state index contributed by atoms with van der Waals surface area (Å²) in [4.78, 5) is 9.34. The van der Waals surface area contributed by atoms with Gasteiger partial charge >= 0.3 is 0 Å². The maximum atomic E-state index is 6.38. The fourth-order valence-corrected chi connectivity index (χ4v) is 4.85. The van der Waals surface area contributed by atoms with Crippen LogP contribution in [0.1, 0.15) is 30.0 Å². The van der Waals surface area contributed by atoms with Crippen molar-refractivity contribution >= 4 is 17.3 Å². The van der Waals surface area contributed by atoms with Crippen LogP contribution in [0, 0.1) is 0 Å². The number of rotatable bonds is 7. The van der Waals surface area contributed by atoms with E-state index in [9.17, 15) is 0 Å². The maximum absolute atomic E-state index is 6.38. The molecule has 0 bridgehead atoms. The number of morpholine rings is 1. The van der Waals surface area contributed by atoms with E-state index in [0.717, 1.165) is 73.7 Å². The van der Waals surface area contributed by atoms with Gasteiger partial charge in [0.05, 0.1) is 24.9 Å². The van der Waals surface area contributed by atoms with E-state index < -0.39 is 0 Å². The molecule has 2 atom stereocenters. The third-order valence-electron chi connectivity index (χ3n) is 6.15. The van der Waals surface area contributed by atoms with E-state index in [1.165, 1.54) is 0 Å². The van der Waals surface area contributed by atoms with Gasteiger partial charge < -0.3 is 19.4 Å². The molecule has 1 N–H and O–H groups in total. The number of benzene rings is 1. The zero-order valence-electron chi connectivity index (χ0n) is 18.0. The van der Waals surface area contributed by atoms with Crippen LogP contribution in [-0.4, -0.2) is 59.3 Å². The SMILES string of the molecule is S=C1N[C@@H](c2ccccn2)[C@@H](c2ccc(-c3ccccc3)o2)N1CCCN1CCOCC1. The Morgan fingerprint density at radius 2 is 1.78 bits per heavy atom. The Morgan fingerprint density at radius 3 is 2.56 bits per heavy atom. The zero-order valence-corrected chi connectivity index (χ0v) is 18.8. The normalized spacial score (nSPS) is 21.6. The van der Waals surface area contributed by atoms with Gasteiger partial charge in [0.25, 0.3) is 0 Å². The number of aromatic nitrogens is 1. The van der Waals surface area contributed by atoms with Gasteiger partial charge in [-0.1, -0.05) is 36.4 Å². The van der Waals surface area contributed by atoms with Crippen molar-refractivity contribution in [2.24, 2.45) is 0 Å². The van der Waals surface area contributed by atoms with Crippen molar-refractivity contribution in [3.8, 4) is 11.3 Å². The highest BCUT2D eigenvalue weighted by Gasteiger charge is 2.41. The van der Waals surface area contributed by atoms with Gasteiger partial charge in [-0.25, -0.2) is 0 Å². The first-order valence-electron chi connectivity index (χ1n) is 11.2. The second-order valence-electron chi connectivity index (χ2n) is 8.20. The Balaban J connectivity index is 1.39. The van der Waals surface area contributed by atoms with Gasteiger partial charge in [-0.15, -0.1) is 0 Å². The topological polar surface area (TPSA) is 53.8 Å². The Bertz CT molecular complexity index is 1020. The minimum absolute atomic E-state index is 0.0421. The molecule has 0 unspecified atom stereocenters. The Hall–Kier alpha value is -2.74. The molecule has 5 rings (SSSR count). The smallest absolute Gasteiger partial charge is 0.170 e. The van der Waals surface area contributed by atoms with E-state index >= 15 is 0 Å². The predicted molar refractivity (Wildman–Crippen MR) is 128 cm³/mol. The lowest BCUT2D eigenvalue weighted by atomic mass is 10.0. The van der Waals surface area contributed by atoms with Gasteiger partial charge in [0.15, 0.2) is 5.11 Å². The molecule has 0 amide bonds. The third-order valence-corrected chi connectivity index (χ3v) is 6.50. The summed E-state index contributed by atoms with van der Waals surface area (Å²) >= 11 is 5.78. The van der Waals surface area contributed by atoms with E-state index in [1.54, 1.807) is 0 Å². The molecule has 1 aromatic carbocycles. The van der Waals surface area contributed by atoms with Crippen LogP contribution in [-0.2, 0) is 4.74 Å². The molecule has 2 fully saturated rings. The molecule has 32 heavy (non-hydrogen) atoms. The van der Waals surface area contributed by atoms with Crippen molar-refractivity contribution in [2.75, 3.05) is 39.4 Å². The van der Waals surface area contributed by atoms with E-state index in [-0.39, 0.29) is 12.1 Å². The van der Waals surface area contributed by atoms with E-state index in [1.807, 2.05) is 48.7 Å². The minimum atomic E-state index is -0.0538. The number of ether oxygens (including phenoxy) is 1. The van der Waals surface area contributed by atoms with Crippen molar-refractivity contribution in [1.82, 2.24) is 20.1 Å². The predicted octanol–water partition coefficient (Wildman–Crippen LogP) is 4.04. The monoisotopic (exact) mass is 448 g/mol. The molecule has 2 aliphatic rings. The first-order valence-corrected chi connectivity index (χ1v) is 11.6. The fourth-order valence-electron chi connectivity index (χ4n) is 4.51. The Labute approximate surface area is 194 Å². The summed E-state index contributed by atoms with van der Waals surface area (Å²) in [6.07, 6.45) is 2.86. The standard InChI is InChI=1S/C25H28N4O2S/c32-25-27-23(20-9-4-5-12-26-20)24(29(25)14-6-13-28-15-17-30-18-16-28)22-11-10-21(31-22)19-7-2-1-3-8-19/h1-5,7-12,23-24H,6,13-18H2,(H,27,32)/t23-,24+/m0/s1. The number of hydrogen-bond donors (Lipinski definition) is 1. The van der Waals surface area contributed by atoms with Gasteiger partial charge in [-0.05, 0) is 42.9 Å². The molecule has 2 aliphatic heterocycles. The lowest BCUT2D eigenvalue weighted by Crippen LogP contribution is -2.38. The quantitative estimate of drug-likeness (QED) is 0.548. The second-order valence-corrected chi connectivity index (χ2v) is 8.58. The zero-order chi connectivity index (χ0) is 21.8. The van der Waals surface area contributed by atoms with Crippen LogP contribution in [0.3, 0.4) is 0 Å². The number of nitrogens with one attached hydrogen (secondary N) is 1. The van der Waals surface area contributed by atoms with E-state index in [2.05, 4.69) is 38.3 Å². The molecule has 166 valence electrons. The van der Waals surface area contributed by atoms with Crippen LogP contribution in [0.25, 0.3) is 11.3 Å². The average molecular weight is 449 g/mol. The molecule has 2 saturated heterocycles. The highest BCUT2D eigenvalue weighted by Crippen LogP contribution is 2.40. The van der Waals surface area contributed by atoms with Crippen LogP contribution < -0.4 is 5.32 Å². The van der Waals surface area contributed by atoms with Crippen molar-refractivity contribution in [1.29, 1.82) is 0 Å². The summed E-state index contributed by atoms with van der Waals surface area (Å²) in [5.74, 6) is 1.77. The number of furan rings is 1. The van der Waals surface area contributed by atoms with E-state index in [4.69, 9.17) is 21.4 Å². The van der Waals surface area contributed by atoms with E-state index in [0.29, 0.717) is 0 Å². The molecule has 7 heteroatoms. The fraction of sp³-hybridized carbons (Fsp3) is 0.360. The maximum Gasteiger partial charge on any atom is 0.170 e. The van der Waals surface area contributed by atoms with Gasteiger partial charge in [-0.2, -0.15) is 0 Å². The molecule has 4 heterocycles. The van der Waals surface area contributed by atoms with Gasteiger partial charge in [0, 0.05) is 37.9 Å². The first-order chi connectivity index (χ1) is 15.8. The highest BCUT2D eigenvalue weighted by atomic mass is 32.1. The summed E-state index contributed by atoms with van der Waals surface area (Å²) in [6.45, 7) is 5.55. The van der Waals surface area contributed by atoms with Gasteiger partial charge in [-0.3, -0.25) is 9.88 Å². The second kappa shape index (κ2) is 9.81. The van der Waals surface area contributed by atoms with Gasteiger partial charge in [0.1, 0.15) is 17.6 Å². The molecule has 0 aliphatic carbocycles. The van der Waals surface area contributed by atoms with Crippen LogP contribution in [0.15, 0.2) is 71.3 Å². The van der Waals surface area contributed by atoms with Crippen LogP contribution in [0.5, 0.6) is 0 Å². The first kappa shape index (κ1) is 21.1. The Morgan fingerprint density at radius 1 is 0.969 bits per heavy atom. The number of nitrogens with zero attached hydrogens (tertiary/aromatic N) is 3. The lowest BCUT2D eigenvalue weighted by Gasteiger charge is -2.29. The van der Waals surface area contributed by atoms with Crippen LogP contribution in [0.2, 0.25) is 0 Å². The molecule has 6 nitrogen and oxygen atoms in total. The molecule has 2 aromatic heterocycles. The molecular formula is C25H28N4O2S. The highest BCUT2D eigenvalue weighted by molar-refractivity contribution is 7.80. The summed E-state index contributed by atoms with van der Waals surface area (Å²) in [7, 11) is 0. The number of pyridine rings is 1. The van der Waals surface area contributed by atoms with Crippen molar-refractivity contribution in [3.05, 3.63) is 78.3 Å². The summed E-state index contributed by atoms with van der Waals surface area (Å²) < 4.78 is 11.9. The van der Waals surface area contributed by atoms with Crippen molar-refractivity contribution < 1.29 is 9.15 Å². The molecule has 0 spiro atoms. The number of thiocarbonyl (C=S) groups is 1. The molecule has 3 aromatic rings. The lowest BCUT2D eigenvalue weighted by molar-refractivity contribution is 0.0365. The largest absolute Gasteiger partial charge is 0.459 e. The summed E-state index contributed by atoms with van der Waals surface area (Å²) in [5, 5.41) is 4.26. The summed E-state index contributed by atoms with van der Waals surface area (Å²) in [6, 6.07) is 20.2. The average Bonchev–Trinajstić information content (AvgIpc) is 3.46. The van der Waals surface area contributed by atoms with Crippen molar-refractivity contribution in [2.45, 2.75) is 18.5 Å². The molecule has 0 saturated carbocycles. The summed E-state index contributed by atoms with van der Waals surface area (Å²) in [5.41, 5.74) is 2.04. The molecule has 0 radical (unpaired) electrons. The minimum Gasteiger partial charge on any atom is -0.459 e. The van der Waals surface area contributed by atoms with Crippen LogP contribution >= 0.6 is 12.2 Å². The van der Waals surface area contributed by atoms with Crippen LogP contribution in [0.4, 0.5) is 0 Å². The Kier molecular flexibility index (Phi) is 6.48. The number of hydrogen-bond acceptors (Lipinski definition) is 5. The van der Waals surface area contributed by atoms with Gasteiger partial charge in [0.2, 0.25) is 0 Å².